The molecule has 7 heteroatoms. The standard InChI is InChI=1S/C24H21F2N3O2/c1-16-4-2-3-5-19(16)14-28-10-8-17-9-11-29(24(31)23(17)28)15-22(30)27-13-18-6-7-20(25)12-21(18)26/h2-12H,13-15H2,1H3,(H,27,30). The number of nitrogens with one attached hydrogen (secondary N) is 1. The van der Waals surface area contributed by atoms with Crippen molar-refractivity contribution in [2.75, 3.05) is 0 Å². The maximum absolute atomic E-state index is 13.7. The van der Waals surface area contributed by atoms with Crippen LogP contribution in [0.4, 0.5) is 8.78 Å². The Bertz CT molecular complexity index is 1320. The fraction of sp³-hybridized carbons (Fsp3) is 0.167. The molecule has 31 heavy (non-hydrogen) atoms. The fourth-order valence-corrected chi connectivity index (χ4v) is 3.54. The minimum absolute atomic E-state index is 0.0917. The molecule has 0 atom stereocenters. The lowest BCUT2D eigenvalue weighted by molar-refractivity contribution is -0.121. The highest BCUT2D eigenvalue weighted by molar-refractivity contribution is 5.80. The van der Waals surface area contributed by atoms with Crippen molar-refractivity contribution in [2.45, 2.75) is 26.6 Å². The third kappa shape index (κ3) is 4.40. The van der Waals surface area contributed by atoms with Crippen LogP contribution >= 0.6 is 0 Å². The van der Waals surface area contributed by atoms with Gasteiger partial charge in [-0.3, -0.25) is 9.59 Å². The summed E-state index contributed by atoms with van der Waals surface area (Å²) in [5, 5.41) is 3.37. The van der Waals surface area contributed by atoms with Gasteiger partial charge in [-0.2, -0.15) is 0 Å². The lowest BCUT2D eigenvalue weighted by Gasteiger charge is -2.11. The summed E-state index contributed by atoms with van der Waals surface area (Å²) in [6.07, 6.45) is 3.43. The SMILES string of the molecule is Cc1ccccc1Cn1ccc2ccn(CC(=O)NCc3ccc(F)cc3F)c(=O)c21. The topological polar surface area (TPSA) is 56.0 Å². The van der Waals surface area contributed by atoms with Crippen molar-refractivity contribution >= 4 is 16.8 Å². The number of pyridine rings is 1. The maximum Gasteiger partial charge on any atom is 0.275 e. The number of benzene rings is 2. The molecule has 0 aliphatic heterocycles. The highest BCUT2D eigenvalue weighted by atomic mass is 19.1. The molecule has 4 rings (SSSR count). The lowest BCUT2D eigenvalue weighted by Crippen LogP contribution is -2.32. The number of hydrogen-bond donors (Lipinski definition) is 1. The van der Waals surface area contributed by atoms with E-state index < -0.39 is 17.5 Å². The van der Waals surface area contributed by atoms with Gasteiger partial charge in [-0.1, -0.05) is 30.3 Å². The molecule has 0 saturated carbocycles. The van der Waals surface area contributed by atoms with Gasteiger partial charge in [0.1, 0.15) is 23.7 Å². The molecule has 5 nitrogen and oxygen atoms in total. The average Bonchev–Trinajstić information content (AvgIpc) is 3.15. The molecule has 158 valence electrons. The van der Waals surface area contributed by atoms with Crippen LogP contribution in [0.3, 0.4) is 0 Å². The van der Waals surface area contributed by atoms with Crippen molar-refractivity contribution in [3.05, 3.63) is 106 Å². The van der Waals surface area contributed by atoms with Crippen LogP contribution in [0, 0.1) is 18.6 Å². The predicted octanol–water partition coefficient (Wildman–Crippen LogP) is 3.75. The fourth-order valence-electron chi connectivity index (χ4n) is 3.54. The van der Waals surface area contributed by atoms with Gasteiger partial charge in [-0.15, -0.1) is 0 Å². The first-order chi connectivity index (χ1) is 14.9. The van der Waals surface area contributed by atoms with Crippen molar-refractivity contribution < 1.29 is 13.6 Å². The summed E-state index contributed by atoms with van der Waals surface area (Å²) in [5.74, 6) is -1.85. The van der Waals surface area contributed by atoms with E-state index in [0.717, 1.165) is 28.6 Å². The van der Waals surface area contributed by atoms with Gasteiger partial charge in [0.15, 0.2) is 0 Å². The maximum atomic E-state index is 13.7. The quantitative estimate of drug-likeness (QED) is 0.516. The molecule has 2 aromatic heterocycles. The van der Waals surface area contributed by atoms with Gasteiger partial charge in [0, 0.05) is 42.5 Å². The van der Waals surface area contributed by atoms with E-state index in [1.54, 1.807) is 12.3 Å². The second kappa shape index (κ2) is 8.55. The molecule has 0 fully saturated rings. The van der Waals surface area contributed by atoms with E-state index in [-0.39, 0.29) is 24.2 Å². The Morgan fingerprint density at radius 2 is 1.71 bits per heavy atom. The van der Waals surface area contributed by atoms with Gasteiger partial charge >= 0.3 is 0 Å². The first-order valence-electron chi connectivity index (χ1n) is 9.86. The number of carbonyl (C=O) groups excluding carboxylic acids is 1. The number of fused-ring (bicyclic) bond motifs is 1. The highest BCUT2D eigenvalue weighted by Crippen LogP contribution is 2.16. The number of hydrogen-bond acceptors (Lipinski definition) is 2. The van der Waals surface area contributed by atoms with Gasteiger partial charge in [-0.05, 0) is 36.2 Å². The van der Waals surface area contributed by atoms with Crippen molar-refractivity contribution in [3.63, 3.8) is 0 Å². The molecule has 0 saturated heterocycles. The lowest BCUT2D eigenvalue weighted by atomic mass is 10.1. The van der Waals surface area contributed by atoms with E-state index in [0.29, 0.717) is 12.1 Å². The molecule has 0 unspecified atom stereocenters. The van der Waals surface area contributed by atoms with E-state index in [4.69, 9.17) is 0 Å². The highest BCUT2D eigenvalue weighted by Gasteiger charge is 2.12. The van der Waals surface area contributed by atoms with Gasteiger partial charge in [-0.25, -0.2) is 8.78 Å². The zero-order chi connectivity index (χ0) is 22.0. The van der Waals surface area contributed by atoms with E-state index in [1.165, 1.54) is 10.6 Å². The summed E-state index contributed by atoms with van der Waals surface area (Å²) in [7, 11) is 0. The number of rotatable bonds is 6. The first-order valence-corrected chi connectivity index (χ1v) is 9.86. The summed E-state index contributed by atoms with van der Waals surface area (Å²) >= 11 is 0. The number of aryl methyl sites for hydroxylation is 1. The summed E-state index contributed by atoms with van der Waals surface area (Å²) in [5.41, 5.74) is 2.65. The second-order valence-electron chi connectivity index (χ2n) is 7.44. The molecule has 0 radical (unpaired) electrons. The number of nitrogens with zero attached hydrogens (tertiary/aromatic N) is 2. The summed E-state index contributed by atoms with van der Waals surface area (Å²) < 4.78 is 29.9. The molecule has 2 heterocycles. The smallest absolute Gasteiger partial charge is 0.275 e. The first kappa shape index (κ1) is 20.5. The van der Waals surface area contributed by atoms with E-state index in [2.05, 4.69) is 5.32 Å². The number of amides is 1. The van der Waals surface area contributed by atoms with Gasteiger partial charge in [0.2, 0.25) is 5.91 Å². The number of halogens is 2. The molecular formula is C24H21F2N3O2. The van der Waals surface area contributed by atoms with Crippen molar-refractivity contribution in [1.82, 2.24) is 14.5 Å². The zero-order valence-corrected chi connectivity index (χ0v) is 16.9. The molecule has 1 amide bonds. The Balaban J connectivity index is 1.53. The van der Waals surface area contributed by atoms with Crippen molar-refractivity contribution in [2.24, 2.45) is 0 Å². The van der Waals surface area contributed by atoms with Crippen LogP contribution in [0.1, 0.15) is 16.7 Å². The Morgan fingerprint density at radius 1 is 0.968 bits per heavy atom. The molecule has 0 bridgehead atoms. The van der Waals surface area contributed by atoms with Crippen molar-refractivity contribution in [3.8, 4) is 0 Å². The van der Waals surface area contributed by atoms with Crippen LogP contribution in [0.2, 0.25) is 0 Å². The van der Waals surface area contributed by atoms with E-state index in [1.807, 2.05) is 48.0 Å². The molecular weight excluding hydrogens is 400 g/mol. The normalized spacial score (nSPS) is 11.1. The Hall–Kier alpha value is -3.74. The Labute approximate surface area is 177 Å². The van der Waals surface area contributed by atoms with Crippen LogP contribution in [0.15, 0.2) is 71.8 Å². The van der Waals surface area contributed by atoms with Crippen molar-refractivity contribution in [1.29, 1.82) is 0 Å². The predicted molar refractivity (Wildman–Crippen MR) is 115 cm³/mol. The van der Waals surface area contributed by atoms with Gasteiger partial charge < -0.3 is 14.5 Å². The largest absolute Gasteiger partial charge is 0.350 e. The van der Waals surface area contributed by atoms with E-state index in [9.17, 15) is 18.4 Å². The minimum Gasteiger partial charge on any atom is -0.350 e. The summed E-state index contributed by atoms with van der Waals surface area (Å²) in [6.45, 7) is 2.28. The summed E-state index contributed by atoms with van der Waals surface area (Å²) in [4.78, 5) is 25.4. The van der Waals surface area contributed by atoms with Crippen LogP contribution in [-0.2, 0) is 24.4 Å². The van der Waals surface area contributed by atoms with Crippen LogP contribution in [-0.4, -0.2) is 15.0 Å². The third-order valence-corrected chi connectivity index (χ3v) is 5.30. The second-order valence-corrected chi connectivity index (χ2v) is 7.44. The number of aromatic nitrogens is 2. The Morgan fingerprint density at radius 3 is 2.45 bits per heavy atom. The Kier molecular flexibility index (Phi) is 5.66. The molecule has 4 aromatic rings. The number of carbonyl (C=O) groups is 1. The molecule has 2 aromatic carbocycles. The molecule has 0 aliphatic carbocycles. The zero-order valence-electron chi connectivity index (χ0n) is 16.9. The molecule has 1 N–H and O–H groups in total. The van der Waals surface area contributed by atoms with Crippen LogP contribution in [0.5, 0.6) is 0 Å². The monoisotopic (exact) mass is 421 g/mol. The summed E-state index contributed by atoms with van der Waals surface area (Å²) in [6, 6.07) is 14.8. The molecule has 0 aliphatic rings. The average molecular weight is 421 g/mol. The van der Waals surface area contributed by atoms with Gasteiger partial charge in [0.05, 0.1) is 0 Å². The van der Waals surface area contributed by atoms with E-state index >= 15 is 0 Å². The molecule has 0 spiro atoms. The van der Waals surface area contributed by atoms with Crippen LogP contribution < -0.4 is 10.9 Å². The van der Waals surface area contributed by atoms with Gasteiger partial charge in [0.25, 0.3) is 5.56 Å². The van der Waals surface area contributed by atoms with Crippen LogP contribution in [0.25, 0.3) is 10.9 Å². The minimum atomic E-state index is -0.729. The third-order valence-electron chi connectivity index (χ3n) is 5.30.